The highest BCUT2D eigenvalue weighted by Gasteiger charge is 2.46. The van der Waals surface area contributed by atoms with E-state index in [1.54, 1.807) is 0 Å². The molecule has 0 spiro atoms. The number of carbonyl (C=O) groups excluding carboxylic acids is 1. The van der Waals surface area contributed by atoms with E-state index in [9.17, 15) is 4.79 Å². The van der Waals surface area contributed by atoms with Crippen molar-refractivity contribution in [1.82, 2.24) is 9.97 Å². The quantitative estimate of drug-likeness (QED) is 0.650. The predicted molar refractivity (Wildman–Crippen MR) is 121 cm³/mol. The molecule has 0 radical (unpaired) electrons. The fraction of sp³-hybridized carbons (Fsp3) is 0.542. The summed E-state index contributed by atoms with van der Waals surface area (Å²) in [5.74, 6) is 1.20. The van der Waals surface area contributed by atoms with Crippen LogP contribution in [0, 0.1) is 0 Å². The number of rotatable bonds is 5. The molecule has 30 heavy (non-hydrogen) atoms. The largest absolute Gasteiger partial charge is 0.468 e. The normalized spacial score (nSPS) is 15.8. The van der Waals surface area contributed by atoms with Gasteiger partial charge in [-0.15, -0.1) is 0 Å². The average Bonchev–Trinajstić information content (AvgIpc) is 2.59. The number of nitrogens with zero attached hydrogens (tertiary/aromatic N) is 2. The first-order valence-corrected chi connectivity index (χ1v) is 10.6. The molecule has 0 atom stereocenters. The van der Waals surface area contributed by atoms with Gasteiger partial charge in [-0.2, -0.15) is 4.98 Å². The zero-order valence-electron chi connectivity index (χ0n) is 19.2. The minimum absolute atomic E-state index is 0.103. The molecule has 1 aliphatic carbocycles. The van der Waals surface area contributed by atoms with Crippen LogP contribution >= 0.6 is 0 Å². The van der Waals surface area contributed by atoms with E-state index in [-0.39, 0.29) is 16.9 Å². The molecule has 6 heteroatoms. The van der Waals surface area contributed by atoms with Gasteiger partial charge in [-0.05, 0) is 51.3 Å². The van der Waals surface area contributed by atoms with Crippen molar-refractivity contribution in [3.05, 3.63) is 41.6 Å². The second-order valence-electron chi connectivity index (χ2n) is 10.2. The first-order valence-electron chi connectivity index (χ1n) is 10.6. The summed E-state index contributed by atoms with van der Waals surface area (Å²) >= 11 is 0. The summed E-state index contributed by atoms with van der Waals surface area (Å²) in [6, 6.07) is 9.96. The van der Waals surface area contributed by atoms with Gasteiger partial charge < -0.3 is 15.4 Å². The minimum atomic E-state index is -0.486. The van der Waals surface area contributed by atoms with Gasteiger partial charge in [0.25, 0.3) is 0 Å². The molecular weight excluding hydrogens is 376 g/mol. The maximum atomic E-state index is 12.3. The second-order valence-corrected chi connectivity index (χ2v) is 10.2. The van der Waals surface area contributed by atoms with E-state index in [1.165, 1.54) is 7.11 Å². The highest BCUT2D eigenvalue weighted by atomic mass is 16.5. The number of anilines is 3. The fourth-order valence-corrected chi connectivity index (χ4v) is 3.67. The van der Waals surface area contributed by atoms with Crippen LogP contribution in [0.15, 0.2) is 30.3 Å². The van der Waals surface area contributed by atoms with Gasteiger partial charge >= 0.3 is 5.97 Å². The number of benzene rings is 1. The summed E-state index contributed by atoms with van der Waals surface area (Å²) in [5, 5.41) is 6.76. The van der Waals surface area contributed by atoms with Crippen molar-refractivity contribution in [3.8, 4) is 0 Å². The lowest BCUT2D eigenvalue weighted by molar-refractivity contribution is -0.151. The van der Waals surface area contributed by atoms with Crippen molar-refractivity contribution in [2.75, 3.05) is 17.7 Å². The Morgan fingerprint density at radius 3 is 2.13 bits per heavy atom. The molecule has 0 bridgehead atoms. The van der Waals surface area contributed by atoms with Crippen molar-refractivity contribution in [3.63, 3.8) is 0 Å². The first kappa shape index (κ1) is 22.1. The molecule has 1 heterocycles. The molecule has 2 N–H and O–H groups in total. The van der Waals surface area contributed by atoms with Crippen molar-refractivity contribution in [1.29, 1.82) is 0 Å². The van der Waals surface area contributed by atoms with E-state index in [1.807, 2.05) is 30.3 Å². The maximum absolute atomic E-state index is 12.3. The van der Waals surface area contributed by atoms with E-state index in [0.29, 0.717) is 5.95 Å². The van der Waals surface area contributed by atoms with Crippen LogP contribution in [0.5, 0.6) is 0 Å². The molecule has 1 fully saturated rings. The molecule has 0 amide bonds. The predicted octanol–water partition coefficient (Wildman–Crippen LogP) is 5.32. The Morgan fingerprint density at radius 1 is 1.03 bits per heavy atom. The number of hydrogen-bond donors (Lipinski definition) is 2. The van der Waals surface area contributed by atoms with E-state index in [0.717, 1.165) is 42.0 Å². The molecule has 1 aromatic carbocycles. The number of aromatic nitrogens is 2. The van der Waals surface area contributed by atoms with Crippen LogP contribution in [0.4, 0.5) is 17.5 Å². The smallest absolute Gasteiger partial charge is 0.316 e. The minimum Gasteiger partial charge on any atom is -0.468 e. The molecule has 0 aliphatic heterocycles. The second kappa shape index (κ2) is 7.89. The molecule has 1 aromatic heterocycles. The maximum Gasteiger partial charge on any atom is 0.316 e. The number of esters is 1. The Hall–Kier alpha value is -2.63. The molecule has 6 nitrogen and oxygen atoms in total. The molecular formula is C24H34N4O2. The summed E-state index contributed by atoms with van der Waals surface area (Å²) in [4.78, 5) is 21.7. The first-order chi connectivity index (χ1) is 13.9. The van der Waals surface area contributed by atoms with Gasteiger partial charge in [-0.25, -0.2) is 4.98 Å². The zero-order chi connectivity index (χ0) is 22.2. The monoisotopic (exact) mass is 410 g/mol. The Balaban J connectivity index is 1.87. The van der Waals surface area contributed by atoms with Crippen LogP contribution in [0.2, 0.25) is 0 Å². The van der Waals surface area contributed by atoms with Crippen LogP contribution in [-0.4, -0.2) is 28.6 Å². The van der Waals surface area contributed by atoms with Crippen molar-refractivity contribution in [2.24, 2.45) is 0 Å². The number of methoxy groups -OCH3 is 1. The summed E-state index contributed by atoms with van der Waals surface area (Å²) in [6.07, 6.45) is 2.72. The van der Waals surface area contributed by atoms with Gasteiger partial charge in [0.15, 0.2) is 0 Å². The number of ether oxygens (including phenoxy) is 1. The number of carbonyl (C=O) groups is 1. The number of nitrogens with one attached hydrogen (secondary N) is 2. The molecule has 0 saturated heterocycles. The Kier molecular flexibility index (Phi) is 5.81. The van der Waals surface area contributed by atoms with Gasteiger partial charge in [0.1, 0.15) is 5.82 Å². The van der Waals surface area contributed by atoms with Gasteiger partial charge in [0, 0.05) is 22.7 Å². The molecule has 3 rings (SSSR count). The third-order valence-corrected chi connectivity index (χ3v) is 5.47. The Morgan fingerprint density at radius 2 is 1.67 bits per heavy atom. The molecule has 0 unspecified atom stereocenters. The van der Waals surface area contributed by atoms with Crippen LogP contribution in [-0.2, 0) is 20.4 Å². The third kappa shape index (κ3) is 4.74. The number of hydrogen-bond acceptors (Lipinski definition) is 6. The zero-order valence-corrected chi connectivity index (χ0v) is 19.2. The van der Waals surface area contributed by atoms with Gasteiger partial charge in [-0.3, -0.25) is 4.79 Å². The summed E-state index contributed by atoms with van der Waals surface area (Å²) in [5.41, 5.74) is 2.15. The van der Waals surface area contributed by atoms with Gasteiger partial charge in [-0.1, -0.05) is 39.3 Å². The van der Waals surface area contributed by atoms with Crippen LogP contribution < -0.4 is 10.6 Å². The van der Waals surface area contributed by atoms with Gasteiger partial charge in [0.2, 0.25) is 5.95 Å². The van der Waals surface area contributed by atoms with E-state index < -0.39 is 5.41 Å². The summed E-state index contributed by atoms with van der Waals surface area (Å²) < 4.78 is 5.05. The third-order valence-electron chi connectivity index (χ3n) is 5.47. The van der Waals surface area contributed by atoms with Crippen LogP contribution in [0.1, 0.15) is 72.1 Å². The molecule has 1 saturated carbocycles. The van der Waals surface area contributed by atoms with E-state index in [4.69, 9.17) is 9.72 Å². The van der Waals surface area contributed by atoms with Crippen molar-refractivity contribution < 1.29 is 9.53 Å². The van der Waals surface area contributed by atoms with E-state index >= 15 is 0 Å². The standard InChI is InChI=1S/C24H34N4O2/c1-22(2,3)18-15-19(28-23(4,5)6)27-21(26-18)25-17-11-9-16(10-12-17)24(13-8-14-24)20(29)30-7/h9-12,15H,8,13-14H2,1-7H3,(H2,25,26,27,28). The lowest BCUT2D eigenvalue weighted by Crippen LogP contribution is -2.43. The molecule has 162 valence electrons. The average molecular weight is 411 g/mol. The van der Waals surface area contributed by atoms with Crippen molar-refractivity contribution in [2.45, 2.75) is 77.2 Å². The Bertz CT molecular complexity index is 904. The highest BCUT2D eigenvalue weighted by Crippen LogP contribution is 2.45. The lowest BCUT2D eigenvalue weighted by Gasteiger charge is -2.39. The summed E-state index contributed by atoms with van der Waals surface area (Å²) in [7, 11) is 1.46. The van der Waals surface area contributed by atoms with Gasteiger partial charge in [0.05, 0.1) is 18.2 Å². The Labute approximate surface area is 179 Å². The molecule has 2 aromatic rings. The summed E-state index contributed by atoms with van der Waals surface area (Å²) in [6.45, 7) is 12.7. The SMILES string of the molecule is COC(=O)C1(c2ccc(Nc3nc(NC(C)(C)C)cc(C(C)(C)C)n3)cc2)CCC1. The molecule has 1 aliphatic rings. The van der Waals surface area contributed by atoms with E-state index in [2.05, 4.69) is 57.2 Å². The lowest BCUT2D eigenvalue weighted by atomic mass is 9.64. The highest BCUT2D eigenvalue weighted by molar-refractivity contribution is 5.84. The van der Waals surface area contributed by atoms with Crippen molar-refractivity contribution >= 4 is 23.4 Å². The topological polar surface area (TPSA) is 76.1 Å². The van der Waals surface area contributed by atoms with Crippen LogP contribution in [0.3, 0.4) is 0 Å². The fourth-order valence-electron chi connectivity index (χ4n) is 3.67. The van der Waals surface area contributed by atoms with Crippen LogP contribution in [0.25, 0.3) is 0 Å².